The van der Waals surface area contributed by atoms with E-state index in [0.717, 1.165) is 0 Å². The summed E-state index contributed by atoms with van der Waals surface area (Å²) in [6, 6.07) is 4.57. The molecule has 0 saturated heterocycles. The Morgan fingerprint density at radius 3 is 2.63 bits per heavy atom. The summed E-state index contributed by atoms with van der Waals surface area (Å²) in [6.07, 6.45) is 1.24. The normalized spacial score (nSPS) is 10.2. The average Bonchev–Trinajstić information content (AvgIpc) is 2.78. The Kier molecular flexibility index (Phi) is 3.19. The predicted molar refractivity (Wildman–Crippen MR) is 67.5 cm³/mol. The van der Waals surface area contributed by atoms with Crippen LogP contribution in [0.3, 0.4) is 0 Å². The minimum absolute atomic E-state index is 0.0742. The number of benzene rings is 1. The molecule has 1 amide bonds. The molecule has 2 rings (SSSR count). The van der Waals surface area contributed by atoms with Crippen LogP contribution in [0.2, 0.25) is 0 Å². The number of aromatic nitrogens is 2. The highest BCUT2D eigenvalue weighted by Gasteiger charge is 2.13. The van der Waals surface area contributed by atoms with Gasteiger partial charge in [-0.05, 0) is 24.6 Å². The molecule has 0 spiro atoms. The van der Waals surface area contributed by atoms with Gasteiger partial charge in [0.15, 0.2) is 0 Å². The second kappa shape index (κ2) is 4.81. The van der Waals surface area contributed by atoms with E-state index in [1.54, 1.807) is 13.0 Å². The second-order valence-electron chi connectivity index (χ2n) is 3.89. The van der Waals surface area contributed by atoms with Crippen molar-refractivity contribution in [1.82, 2.24) is 9.97 Å². The number of hydrogen-bond donors (Lipinski definition) is 4. The minimum Gasteiger partial charge on any atom is -0.478 e. The third kappa shape index (κ3) is 2.54. The summed E-state index contributed by atoms with van der Waals surface area (Å²) in [4.78, 5) is 38.3. The molecule has 0 atom stereocenters. The summed E-state index contributed by atoms with van der Waals surface area (Å²) in [5.41, 5.74) is 0.528. The largest absolute Gasteiger partial charge is 0.478 e. The Balaban J connectivity index is 2.29. The van der Waals surface area contributed by atoms with Gasteiger partial charge in [-0.2, -0.15) is 0 Å². The first-order valence-corrected chi connectivity index (χ1v) is 5.41. The molecule has 0 aliphatic rings. The van der Waals surface area contributed by atoms with Gasteiger partial charge in [-0.3, -0.25) is 4.79 Å². The first kappa shape index (κ1) is 12.6. The third-order valence-electron chi connectivity index (χ3n) is 2.65. The molecule has 1 aromatic carbocycles. The first-order valence-electron chi connectivity index (χ1n) is 5.41. The molecule has 19 heavy (non-hydrogen) atoms. The Bertz CT molecular complexity index is 699. The van der Waals surface area contributed by atoms with Crippen LogP contribution in [0.4, 0.5) is 5.69 Å². The maximum absolute atomic E-state index is 11.8. The van der Waals surface area contributed by atoms with Gasteiger partial charge in [0, 0.05) is 11.9 Å². The highest BCUT2D eigenvalue weighted by atomic mass is 16.4. The number of nitrogens with one attached hydrogen (secondary N) is 3. The van der Waals surface area contributed by atoms with E-state index in [1.807, 2.05) is 0 Å². The summed E-state index contributed by atoms with van der Waals surface area (Å²) in [5, 5.41) is 11.5. The molecule has 0 bridgehead atoms. The number of anilines is 1. The van der Waals surface area contributed by atoms with Crippen molar-refractivity contribution in [3.05, 3.63) is 51.7 Å². The number of H-pyrrole nitrogens is 2. The molecule has 0 saturated carbocycles. The fourth-order valence-electron chi connectivity index (χ4n) is 1.65. The molecule has 0 aliphatic heterocycles. The van der Waals surface area contributed by atoms with Crippen LogP contribution in [-0.4, -0.2) is 27.0 Å². The van der Waals surface area contributed by atoms with Crippen LogP contribution in [0.25, 0.3) is 0 Å². The number of carbonyl (C=O) groups excluding carboxylic acids is 1. The van der Waals surface area contributed by atoms with Gasteiger partial charge in [0.05, 0.1) is 5.56 Å². The van der Waals surface area contributed by atoms with Gasteiger partial charge in [-0.25, -0.2) is 9.59 Å². The summed E-state index contributed by atoms with van der Waals surface area (Å²) in [7, 11) is 0. The SMILES string of the molecule is Cc1c(NC(=O)c2c[nH]c(=O)[nH]2)cccc1C(=O)O. The zero-order valence-corrected chi connectivity index (χ0v) is 9.98. The van der Waals surface area contributed by atoms with E-state index in [2.05, 4.69) is 15.3 Å². The number of aromatic carboxylic acids is 1. The van der Waals surface area contributed by atoms with Gasteiger partial charge in [-0.1, -0.05) is 6.07 Å². The average molecular weight is 261 g/mol. The molecule has 0 radical (unpaired) electrons. The number of imidazole rings is 1. The van der Waals surface area contributed by atoms with Crippen LogP contribution in [0.5, 0.6) is 0 Å². The summed E-state index contributed by atoms with van der Waals surface area (Å²) >= 11 is 0. The molecule has 1 heterocycles. The van der Waals surface area contributed by atoms with E-state index in [-0.39, 0.29) is 11.3 Å². The van der Waals surface area contributed by atoms with Crippen LogP contribution in [-0.2, 0) is 0 Å². The lowest BCUT2D eigenvalue weighted by atomic mass is 10.1. The van der Waals surface area contributed by atoms with Crippen LogP contribution in [0, 0.1) is 6.92 Å². The zero-order valence-electron chi connectivity index (χ0n) is 9.98. The van der Waals surface area contributed by atoms with E-state index >= 15 is 0 Å². The molecule has 0 fully saturated rings. The summed E-state index contributed by atoms with van der Waals surface area (Å²) < 4.78 is 0. The van der Waals surface area contributed by atoms with Crippen LogP contribution in [0.1, 0.15) is 26.4 Å². The monoisotopic (exact) mass is 261 g/mol. The molecule has 98 valence electrons. The van der Waals surface area contributed by atoms with Crippen molar-refractivity contribution in [1.29, 1.82) is 0 Å². The third-order valence-corrected chi connectivity index (χ3v) is 2.65. The van der Waals surface area contributed by atoms with Crippen molar-refractivity contribution in [2.24, 2.45) is 0 Å². The van der Waals surface area contributed by atoms with Crippen LogP contribution >= 0.6 is 0 Å². The van der Waals surface area contributed by atoms with E-state index < -0.39 is 17.6 Å². The van der Waals surface area contributed by atoms with Crippen molar-refractivity contribution < 1.29 is 14.7 Å². The number of rotatable bonds is 3. The van der Waals surface area contributed by atoms with Crippen molar-refractivity contribution in [2.75, 3.05) is 5.32 Å². The zero-order chi connectivity index (χ0) is 14.0. The number of carbonyl (C=O) groups is 2. The van der Waals surface area contributed by atoms with Gasteiger partial charge in [0.2, 0.25) is 0 Å². The summed E-state index contributed by atoms with van der Waals surface area (Å²) in [5.74, 6) is -1.59. The van der Waals surface area contributed by atoms with Crippen molar-refractivity contribution in [2.45, 2.75) is 6.92 Å². The quantitative estimate of drug-likeness (QED) is 0.658. The van der Waals surface area contributed by atoms with E-state index in [4.69, 9.17) is 5.11 Å². The topological polar surface area (TPSA) is 115 Å². The number of carboxylic acid groups (broad SMARTS) is 1. The second-order valence-corrected chi connectivity index (χ2v) is 3.89. The number of carboxylic acids is 1. The molecular formula is C12H11N3O4. The Hall–Kier alpha value is -2.83. The maximum atomic E-state index is 11.8. The smallest absolute Gasteiger partial charge is 0.336 e. The van der Waals surface area contributed by atoms with Gasteiger partial charge >= 0.3 is 11.7 Å². The van der Waals surface area contributed by atoms with Crippen molar-refractivity contribution in [3.8, 4) is 0 Å². The van der Waals surface area contributed by atoms with Gasteiger partial charge in [-0.15, -0.1) is 0 Å². The number of amides is 1. The van der Waals surface area contributed by atoms with Crippen molar-refractivity contribution >= 4 is 17.6 Å². The van der Waals surface area contributed by atoms with Gasteiger partial charge < -0.3 is 20.4 Å². The summed E-state index contributed by atoms with van der Waals surface area (Å²) in [6.45, 7) is 1.60. The Morgan fingerprint density at radius 1 is 1.32 bits per heavy atom. The Labute approximate surface area is 107 Å². The van der Waals surface area contributed by atoms with E-state index in [1.165, 1.54) is 18.3 Å². The molecule has 7 nitrogen and oxygen atoms in total. The number of hydrogen-bond acceptors (Lipinski definition) is 3. The van der Waals surface area contributed by atoms with Crippen LogP contribution in [0.15, 0.2) is 29.2 Å². The maximum Gasteiger partial charge on any atom is 0.336 e. The lowest BCUT2D eigenvalue weighted by molar-refractivity contribution is 0.0695. The molecule has 2 aromatic rings. The molecular weight excluding hydrogens is 250 g/mol. The van der Waals surface area contributed by atoms with Gasteiger partial charge in [0.1, 0.15) is 5.69 Å². The highest BCUT2D eigenvalue weighted by Crippen LogP contribution is 2.19. The fourth-order valence-corrected chi connectivity index (χ4v) is 1.65. The standard InChI is InChI=1S/C12H11N3O4/c1-6-7(11(17)18)3-2-4-8(6)14-10(16)9-5-13-12(19)15-9/h2-5H,1H3,(H,14,16)(H,17,18)(H2,13,15,19). The Morgan fingerprint density at radius 2 is 2.05 bits per heavy atom. The lowest BCUT2D eigenvalue weighted by Gasteiger charge is -2.09. The molecule has 1 aromatic heterocycles. The minimum atomic E-state index is -1.07. The van der Waals surface area contributed by atoms with Gasteiger partial charge in [0.25, 0.3) is 5.91 Å². The molecule has 7 heteroatoms. The number of aromatic amines is 2. The predicted octanol–water partition coefficient (Wildman–Crippen LogP) is 0.962. The lowest BCUT2D eigenvalue weighted by Crippen LogP contribution is -2.15. The molecule has 4 N–H and O–H groups in total. The fraction of sp³-hybridized carbons (Fsp3) is 0.0833. The first-order chi connectivity index (χ1) is 8.99. The van der Waals surface area contributed by atoms with Crippen molar-refractivity contribution in [3.63, 3.8) is 0 Å². The van der Waals surface area contributed by atoms with E-state index in [9.17, 15) is 14.4 Å². The molecule has 0 unspecified atom stereocenters. The highest BCUT2D eigenvalue weighted by molar-refractivity contribution is 6.04. The van der Waals surface area contributed by atoms with E-state index in [0.29, 0.717) is 11.3 Å². The van der Waals surface area contributed by atoms with Crippen LogP contribution < -0.4 is 11.0 Å². The molecule has 0 aliphatic carbocycles.